The third kappa shape index (κ3) is 3.81. The van der Waals surface area contributed by atoms with E-state index in [9.17, 15) is 0 Å². The van der Waals surface area contributed by atoms with E-state index in [1.54, 1.807) is 0 Å². The average molecular weight is 382 g/mol. The second-order valence-corrected chi connectivity index (χ2v) is 7.48. The lowest BCUT2D eigenvalue weighted by Gasteiger charge is -2.18. The number of nitrogens with one attached hydrogen (secondary N) is 1. The number of rotatable bonds is 6. The summed E-state index contributed by atoms with van der Waals surface area (Å²) >= 11 is 0. The van der Waals surface area contributed by atoms with Crippen LogP contribution in [0, 0.1) is 6.92 Å². The van der Waals surface area contributed by atoms with Crippen LogP contribution in [0.1, 0.15) is 29.7 Å². The lowest BCUT2D eigenvalue weighted by atomic mass is 9.92. The predicted octanol–water partition coefficient (Wildman–Crippen LogP) is 6.24. The van der Waals surface area contributed by atoms with Crippen molar-refractivity contribution in [3.05, 3.63) is 102 Å². The fourth-order valence-electron chi connectivity index (χ4n) is 3.98. The summed E-state index contributed by atoms with van der Waals surface area (Å²) in [5, 5.41) is 8.37. The first-order valence-electron chi connectivity index (χ1n) is 10.1. The number of anilines is 1. The van der Waals surface area contributed by atoms with E-state index in [-0.39, 0.29) is 0 Å². The zero-order valence-corrected chi connectivity index (χ0v) is 17.3. The first kappa shape index (κ1) is 19.0. The molecule has 0 bridgehead atoms. The van der Waals surface area contributed by atoms with Crippen molar-refractivity contribution in [2.24, 2.45) is 0 Å². The highest BCUT2D eigenvalue weighted by Crippen LogP contribution is 2.32. The van der Waals surface area contributed by atoms with Gasteiger partial charge in [0.25, 0.3) is 0 Å². The molecule has 146 valence electrons. The minimum absolute atomic E-state index is 0.361. The lowest BCUT2D eigenvalue weighted by Crippen LogP contribution is -2.08. The van der Waals surface area contributed by atoms with Gasteiger partial charge in [-0.1, -0.05) is 73.7 Å². The molecule has 4 rings (SSSR count). The van der Waals surface area contributed by atoms with E-state index in [1.165, 1.54) is 22.5 Å². The maximum atomic E-state index is 5.04. The van der Waals surface area contributed by atoms with Crippen LogP contribution in [-0.2, 0) is 6.42 Å². The van der Waals surface area contributed by atoms with E-state index >= 15 is 0 Å². The van der Waals surface area contributed by atoms with Crippen LogP contribution in [0.3, 0.4) is 0 Å². The summed E-state index contributed by atoms with van der Waals surface area (Å²) in [5.41, 5.74) is 8.33. The molecule has 0 aliphatic carbocycles. The van der Waals surface area contributed by atoms with Crippen LogP contribution in [0.15, 0.2) is 84.9 Å². The minimum Gasteiger partial charge on any atom is -0.388 e. The summed E-state index contributed by atoms with van der Waals surface area (Å²) in [6.07, 6.45) is 0.916. The highest BCUT2D eigenvalue weighted by molar-refractivity contribution is 5.65. The van der Waals surface area contributed by atoms with Crippen LogP contribution in [-0.4, -0.2) is 16.8 Å². The molecule has 1 N–H and O–H groups in total. The van der Waals surface area contributed by atoms with E-state index in [2.05, 4.69) is 96.6 Å². The second kappa shape index (κ2) is 8.36. The van der Waals surface area contributed by atoms with Gasteiger partial charge in [-0.05, 0) is 48.6 Å². The molecule has 0 fully saturated rings. The Morgan fingerprint density at radius 1 is 0.862 bits per heavy atom. The summed E-state index contributed by atoms with van der Waals surface area (Å²) in [6, 6.07) is 29.4. The number of nitrogens with zero attached hydrogens (tertiary/aromatic N) is 2. The van der Waals surface area contributed by atoms with Gasteiger partial charge in [-0.3, -0.25) is 0 Å². The molecule has 0 radical (unpaired) electrons. The van der Waals surface area contributed by atoms with Gasteiger partial charge in [0.2, 0.25) is 0 Å². The van der Waals surface area contributed by atoms with E-state index < -0.39 is 0 Å². The highest BCUT2D eigenvalue weighted by atomic mass is 15.3. The van der Waals surface area contributed by atoms with Gasteiger partial charge in [-0.25, -0.2) is 4.68 Å². The van der Waals surface area contributed by atoms with Crippen molar-refractivity contribution in [1.29, 1.82) is 0 Å². The minimum atomic E-state index is 0.361. The Hall–Kier alpha value is -3.33. The van der Waals surface area contributed by atoms with Crippen LogP contribution in [0.25, 0.3) is 16.9 Å². The molecular formula is C26H27N3. The molecular weight excluding hydrogens is 354 g/mol. The summed E-state index contributed by atoms with van der Waals surface area (Å²) in [5.74, 6) is 0.361. The summed E-state index contributed by atoms with van der Waals surface area (Å²) in [7, 11) is 1.98. The summed E-state index contributed by atoms with van der Waals surface area (Å²) in [4.78, 5) is 0. The van der Waals surface area contributed by atoms with Crippen molar-refractivity contribution in [2.45, 2.75) is 26.2 Å². The molecule has 0 saturated carbocycles. The van der Waals surface area contributed by atoms with E-state index in [1.807, 2.05) is 19.2 Å². The molecule has 1 unspecified atom stereocenters. The van der Waals surface area contributed by atoms with Crippen molar-refractivity contribution in [3.8, 4) is 16.9 Å². The number of para-hydroxylation sites is 2. The van der Waals surface area contributed by atoms with E-state index in [4.69, 9.17) is 5.10 Å². The van der Waals surface area contributed by atoms with Gasteiger partial charge in [-0.2, -0.15) is 5.10 Å². The monoisotopic (exact) mass is 381 g/mol. The molecule has 0 aliphatic rings. The molecule has 0 amide bonds. The van der Waals surface area contributed by atoms with Crippen LogP contribution in [0.5, 0.6) is 0 Å². The molecule has 29 heavy (non-hydrogen) atoms. The van der Waals surface area contributed by atoms with Crippen LogP contribution >= 0.6 is 0 Å². The fourth-order valence-corrected chi connectivity index (χ4v) is 3.98. The number of aromatic nitrogens is 2. The number of benzene rings is 3. The van der Waals surface area contributed by atoms with Gasteiger partial charge in [0.05, 0.1) is 11.4 Å². The molecule has 0 saturated heterocycles. The molecule has 0 spiro atoms. The number of hydrogen-bond donors (Lipinski definition) is 1. The van der Waals surface area contributed by atoms with Crippen molar-refractivity contribution >= 4 is 5.69 Å². The van der Waals surface area contributed by atoms with Crippen molar-refractivity contribution < 1.29 is 0 Å². The molecule has 4 aromatic rings. The first-order chi connectivity index (χ1) is 14.2. The Bertz CT molecular complexity index is 1080. The van der Waals surface area contributed by atoms with E-state index in [0.717, 1.165) is 23.4 Å². The standard InChI is InChI=1S/C26H27N3/c1-19(23-16-10-11-17-24(23)27-3)18-25-20(2)26(21-12-6-4-7-13-21)28-29(25)22-14-8-5-9-15-22/h4-17,19,27H,18H2,1-3H3. The predicted molar refractivity (Wildman–Crippen MR) is 122 cm³/mol. The van der Waals surface area contributed by atoms with Crippen LogP contribution < -0.4 is 5.32 Å². The largest absolute Gasteiger partial charge is 0.388 e. The second-order valence-electron chi connectivity index (χ2n) is 7.48. The van der Waals surface area contributed by atoms with Crippen molar-refractivity contribution in [2.75, 3.05) is 12.4 Å². The van der Waals surface area contributed by atoms with Gasteiger partial charge in [0.15, 0.2) is 0 Å². The van der Waals surface area contributed by atoms with Gasteiger partial charge >= 0.3 is 0 Å². The Morgan fingerprint density at radius 3 is 2.17 bits per heavy atom. The molecule has 1 heterocycles. The van der Waals surface area contributed by atoms with Crippen molar-refractivity contribution in [3.63, 3.8) is 0 Å². The molecule has 3 nitrogen and oxygen atoms in total. The first-order valence-corrected chi connectivity index (χ1v) is 10.1. The van der Waals surface area contributed by atoms with Gasteiger partial charge in [0, 0.05) is 24.0 Å². The smallest absolute Gasteiger partial charge is 0.0959 e. The van der Waals surface area contributed by atoms with Gasteiger partial charge < -0.3 is 5.32 Å². The third-order valence-corrected chi connectivity index (χ3v) is 5.55. The van der Waals surface area contributed by atoms with Gasteiger partial charge in [-0.15, -0.1) is 0 Å². The zero-order valence-electron chi connectivity index (χ0n) is 17.3. The normalized spacial score (nSPS) is 12.0. The fraction of sp³-hybridized carbons (Fsp3) is 0.192. The maximum Gasteiger partial charge on any atom is 0.0959 e. The Morgan fingerprint density at radius 2 is 1.48 bits per heavy atom. The Kier molecular flexibility index (Phi) is 5.48. The Balaban J connectivity index is 1.80. The highest BCUT2D eigenvalue weighted by Gasteiger charge is 2.20. The quantitative estimate of drug-likeness (QED) is 0.429. The lowest BCUT2D eigenvalue weighted by molar-refractivity contribution is 0.699. The zero-order chi connectivity index (χ0) is 20.2. The van der Waals surface area contributed by atoms with E-state index in [0.29, 0.717) is 5.92 Å². The summed E-state index contributed by atoms with van der Waals surface area (Å²) < 4.78 is 2.12. The average Bonchev–Trinajstić information content (AvgIpc) is 3.11. The third-order valence-electron chi connectivity index (χ3n) is 5.55. The molecule has 3 aromatic carbocycles. The van der Waals surface area contributed by atoms with Crippen LogP contribution in [0.2, 0.25) is 0 Å². The van der Waals surface area contributed by atoms with Crippen LogP contribution in [0.4, 0.5) is 5.69 Å². The van der Waals surface area contributed by atoms with Gasteiger partial charge in [0.1, 0.15) is 0 Å². The Labute approximate surface area is 173 Å². The molecule has 3 heteroatoms. The molecule has 1 atom stereocenters. The molecule has 1 aromatic heterocycles. The van der Waals surface area contributed by atoms with Crippen molar-refractivity contribution in [1.82, 2.24) is 9.78 Å². The topological polar surface area (TPSA) is 29.9 Å². The summed E-state index contributed by atoms with van der Waals surface area (Å²) in [6.45, 7) is 4.49. The maximum absolute atomic E-state index is 5.04. The molecule has 0 aliphatic heterocycles. The SMILES string of the molecule is CNc1ccccc1C(C)Cc1c(C)c(-c2ccccc2)nn1-c1ccccc1. The number of hydrogen-bond acceptors (Lipinski definition) is 2.